The van der Waals surface area contributed by atoms with E-state index in [2.05, 4.69) is 24.9 Å². The maximum Gasteiger partial charge on any atom is 0.217 e. The molecule has 0 fully saturated rings. The van der Waals surface area contributed by atoms with Crippen molar-refractivity contribution in [2.24, 2.45) is 0 Å². The first-order chi connectivity index (χ1) is 7.06. The fourth-order valence-corrected chi connectivity index (χ4v) is 1.38. The highest BCUT2D eigenvalue weighted by Gasteiger charge is 2.11. The number of ether oxygens (including phenoxy) is 1. The minimum atomic E-state index is 0.0200. The molecule has 1 rings (SSSR count). The van der Waals surface area contributed by atoms with Crippen molar-refractivity contribution in [2.75, 3.05) is 13.2 Å². The second-order valence-corrected chi connectivity index (χ2v) is 4.01. The Labute approximate surface area is 91.1 Å². The minimum absolute atomic E-state index is 0.0200. The number of aliphatic hydroxyl groups is 1. The molecule has 3 heteroatoms. The third-order valence-electron chi connectivity index (χ3n) is 2.41. The summed E-state index contributed by atoms with van der Waals surface area (Å²) in [5.74, 6) is 1.03. The van der Waals surface area contributed by atoms with Crippen molar-refractivity contribution in [3.05, 3.63) is 22.9 Å². The zero-order valence-electron chi connectivity index (χ0n) is 9.87. The van der Waals surface area contributed by atoms with Gasteiger partial charge in [0.25, 0.3) is 0 Å². The zero-order chi connectivity index (χ0) is 11.4. The van der Waals surface area contributed by atoms with E-state index in [4.69, 9.17) is 9.84 Å². The lowest BCUT2D eigenvalue weighted by atomic mass is 10.0. The number of aryl methyl sites for hydroxylation is 2. The predicted octanol–water partition coefficient (Wildman–Crippen LogP) is 2.19. The summed E-state index contributed by atoms with van der Waals surface area (Å²) in [5, 5.41) is 8.73. The molecule has 1 aromatic heterocycles. The molecule has 0 radical (unpaired) electrons. The molecule has 1 aromatic rings. The third kappa shape index (κ3) is 2.93. The number of nitrogens with zero attached hydrogens (tertiary/aromatic N) is 1. The van der Waals surface area contributed by atoms with E-state index in [1.54, 1.807) is 0 Å². The maximum atomic E-state index is 8.73. The van der Waals surface area contributed by atoms with Crippen LogP contribution in [0.3, 0.4) is 0 Å². The summed E-state index contributed by atoms with van der Waals surface area (Å²) >= 11 is 0. The number of rotatable bonds is 4. The van der Waals surface area contributed by atoms with E-state index in [-0.39, 0.29) is 6.61 Å². The molecule has 3 nitrogen and oxygen atoms in total. The summed E-state index contributed by atoms with van der Waals surface area (Å²) in [6, 6.07) is 2.11. The predicted molar refractivity (Wildman–Crippen MR) is 60.4 cm³/mol. The zero-order valence-corrected chi connectivity index (χ0v) is 9.87. The molecule has 0 amide bonds. The van der Waals surface area contributed by atoms with Crippen molar-refractivity contribution >= 4 is 0 Å². The molecular weight excluding hydrogens is 190 g/mol. The van der Waals surface area contributed by atoms with Crippen molar-refractivity contribution in [3.8, 4) is 5.88 Å². The Hall–Kier alpha value is -1.09. The standard InChI is InChI=1S/C12H19NO2/c1-8(2)11-7-9(3)10(4)13-12(11)15-6-5-14/h7-8,14H,5-6H2,1-4H3. The fraction of sp³-hybridized carbons (Fsp3) is 0.583. The Morgan fingerprint density at radius 1 is 1.40 bits per heavy atom. The molecule has 84 valence electrons. The van der Waals surface area contributed by atoms with Gasteiger partial charge in [-0.3, -0.25) is 0 Å². The summed E-state index contributed by atoms with van der Waals surface area (Å²) < 4.78 is 5.42. The van der Waals surface area contributed by atoms with Gasteiger partial charge in [-0.15, -0.1) is 0 Å². The highest BCUT2D eigenvalue weighted by molar-refractivity contribution is 5.35. The lowest BCUT2D eigenvalue weighted by molar-refractivity contribution is 0.195. The Morgan fingerprint density at radius 2 is 2.07 bits per heavy atom. The van der Waals surface area contributed by atoms with Gasteiger partial charge in [-0.1, -0.05) is 13.8 Å². The number of aliphatic hydroxyl groups excluding tert-OH is 1. The Kier molecular flexibility index (Phi) is 4.09. The number of hydrogen-bond donors (Lipinski definition) is 1. The largest absolute Gasteiger partial charge is 0.475 e. The van der Waals surface area contributed by atoms with Crippen molar-refractivity contribution in [2.45, 2.75) is 33.6 Å². The molecule has 0 aromatic carbocycles. The lowest BCUT2D eigenvalue weighted by Gasteiger charge is -2.14. The summed E-state index contributed by atoms with van der Waals surface area (Å²) in [6.07, 6.45) is 0. The van der Waals surface area contributed by atoms with Crippen molar-refractivity contribution in [1.29, 1.82) is 0 Å². The van der Waals surface area contributed by atoms with Crippen molar-refractivity contribution in [1.82, 2.24) is 4.98 Å². The molecule has 0 atom stereocenters. The second-order valence-electron chi connectivity index (χ2n) is 4.01. The van der Waals surface area contributed by atoms with Crippen LogP contribution >= 0.6 is 0 Å². The molecule has 1 heterocycles. The molecule has 0 saturated heterocycles. The molecular formula is C12H19NO2. The van der Waals surface area contributed by atoms with Crippen molar-refractivity contribution in [3.63, 3.8) is 0 Å². The van der Waals surface area contributed by atoms with Crippen LogP contribution < -0.4 is 4.74 Å². The molecule has 0 spiro atoms. The Morgan fingerprint density at radius 3 is 2.60 bits per heavy atom. The minimum Gasteiger partial charge on any atom is -0.475 e. The first kappa shape index (κ1) is 12.0. The van der Waals surface area contributed by atoms with E-state index in [0.717, 1.165) is 11.3 Å². The lowest BCUT2D eigenvalue weighted by Crippen LogP contribution is -2.07. The van der Waals surface area contributed by atoms with Crippen LogP contribution in [0.4, 0.5) is 0 Å². The van der Waals surface area contributed by atoms with Gasteiger partial charge in [-0.05, 0) is 31.4 Å². The van der Waals surface area contributed by atoms with Gasteiger partial charge in [0.15, 0.2) is 0 Å². The average molecular weight is 209 g/mol. The van der Waals surface area contributed by atoms with Crippen LogP contribution in [0.15, 0.2) is 6.07 Å². The first-order valence-electron chi connectivity index (χ1n) is 5.28. The van der Waals surface area contributed by atoms with Crippen LogP contribution in [0.25, 0.3) is 0 Å². The monoisotopic (exact) mass is 209 g/mol. The van der Waals surface area contributed by atoms with E-state index >= 15 is 0 Å². The summed E-state index contributed by atoms with van der Waals surface area (Å²) in [6.45, 7) is 8.55. The van der Waals surface area contributed by atoms with Gasteiger partial charge >= 0.3 is 0 Å². The average Bonchev–Trinajstić information content (AvgIpc) is 2.19. The van der Waals surface area contributed by atoms with Gasteiger partial charge in [0.05, 0.1) is 6.61 Å². The molecule has 1 N–H and O–H groups in total. The number of aromatic nitrogens is 1. The van der Waals surface area contributed by atoms with E-state index in [0.29, 0.717) is 18.4 Å². The maximum absolute atomic E-state index is 8.73. The van der Waals surface area contributed by atoms with Crippen molar-refractivity contribution < 1.29 is 9.84 Å². The highest BCUT2D eigenvalue weighted by Crippen LogP contribution is 2.26. The normalized spacial score (nSPS) is 10.8. The van der Waals surface area contributed by atoms with Crippen LogP contribution in [-0.4, -0.2) is 23.3 Å². The Balaban J connectivity index is 3.04. The van der Waals surface area contributed by atoms with Gasteiger partial charge in [0.1, 0.15) is 6.61 Å². The molecule has 0 bridgehead atoms. The fourth-order valence-electron chi connectivity index (χ4n) is 1.38. The van der Waals surface area contributed by atoms with Crippen LogP contribution in [0.2, 0.25) is 0 Å². The highest BCUT2D eigenvalue weighted by atomic mass is 16.5. The van der Waals surface area contributed by atoms with E-state index in [1.807, 2.05) is 13.8 Å². The van der Waals surface area contributed by atoms with Gasteiger partial charge in [-0.2, -0.15) is 0 Å². The smallest absolute Gasteiger partial charge is 0.217 e. The molecule has 15 heavy (non-hydrogen) atoms. The van der Waals surface area contributed by atoms with Gasteiger partial charge in [0, 0.05) is 11.3 Å². The number of pyridine rings is 1. The van der Waals surface area contributed by atoms with E-state index in [1.165, 1.54) is 5.56 Å². The van der Waals surface area contributed by atoms with Crippen LogP contribution in [0.1, 0.15) is 36.6 Å². The second kappa shape index (κ2) is 5.12. The molecule has 0 aliphatic rings. The number of hydrogen-bond acceptors (Lipinski definition) is 3. The molecule has 0 unspecified atom stereocenters. The van der Waals surface area contributed by atoms with E-state index < -0.39 is 0 Å². The van der Waals surface area contributed by atoms with E-state index in [9.17, 15) is 0 Å². The van der Waals surface area contributed by atoms with Gasteiger partial charge in [0.2, 0.25) is 5.88 Å². The van der Waals surface area contributed by atoms with Gasteiger partial charge < -0.3 is 9.84 Å². The van der Waals surface area contributed by atoms with Crippen LogP contribution in [-0.2, 0) is 0 Å². The quantitative estimate of drug-likeness (QED) is 0.826. The topological polar surface area (TPSA) is 42.4 Å². The molecule has 0 aliphatic heterocycles. The Bertz CT molecular complexity index is 335. The molecule has 0 aliphatic carbocycles. The molecule has 0 saturated carbocycles. The van der Waals surface area contributed by atoms with Crippen LogP contribution in [0.5, 0.6) is 5.88 Å². The SMILES string of the molecule is Cc1cc(C(C)C)c(OCCO)nc1C. The summed E-state index contributed by atoms with van der Waals surface area (Å²) in [7, 11) is 0. The van der Waals surface area contributed by atoms with Crippen LogP contribution in [0, 0.1) is 13.8 Å². The first-order valence-corrected chi connectivity index (χ1v) is 5.28. The summed E-state index contributed by atoms with van der Waals surface area (Å²) in [5.41, 5.74) is 3.26. The van der Waals surface area contributed by atoms with Gasteiger partial charge in [-0.25, -0.2) is 4.98 Å². The summed E-state index contributed by atoms with van der Waals surface area (Å²) in [4.78, 5) is 4.40. The third-order valence-corrected chi connectivity index (χ3v) is 2.41.